The fourth-order valence-electron chi connectivity index (χ4n) is 2.16. The number of nitrogens with one attached hydrogen (secondary N) is 1. The van der Waals surface area contributed by atoms with Crippen LogP contribution in [0, 0.1) is 6.92 Å². The van der Waals surface area contributed by atoms with Crippen molar-refractivity contribution in [2.24, 2.45) is 0 Å². The number of carbonyl (C=O) groups is 1. The van der Waals surface area contributed by atoms with Crippen molar-refractivity contribution in [2.45, 2.75) is 20.0 Å². The summed E-state index contributed by atoms with van der Waals surface area (Å²) in [7, 11) is -1.86. The Morgan fingerprint density at radius 3 is 2.38 bits per heavy atom. The van der Waals surface area contributed by atoms with Crippen molar-refractivity contribution < 1.29 is 17.9 Å². The van der Waals surface area contributed by atoms with Gasteiger partial charge in [0.2, 0.25) is 10.0 Å². The molecule has 8 heteroatoms. The fraction of sp³-hybridized carbons (Fsp3) is 0.278. The van der Waals surface area contributed by atoms with E-state index in [9.17, 15) is 13.2 Å². The van der Waals surface area contributed by atoms with Gasteiger partial charge < -0.3 is 10.1 Å². The number of rotatable bonds is 6. The summed E-state index contributed by atoms with van der Waals surface area (Å²) in [5.74, 6) is 0.147. The van der Waals surface area contributed by atoms with Crippen LogP contribution in [0.4, 0.5) is 11.4 Å². The molecule has 1 atom stereocenters. The van der Waals surface area contributed by atoms with Crippen molar-refractivity contribution in [1.29, 1.82) is 0 Å². The molecule has 26 heavy (non-hydrogen) atoms. The maximum Gasteiger partial charge on any atom is 0.265 e. The van der Waals surface area contributed by atoms with E-state index in [-0.39, 0.29) is 5.91 Å². The van der Waals surface area contributed by atoms with Gasteiger partial charge in [0, 0.05) is 17.8 Å². The lowest BCUT2D eigenvalue weighted by molar-refractivity contribution is -0.122. The molecule has 0 aliphatic heterocycles. The lowest BCUT2D eigenvalue weighted by atomic mass is 10.2. The summed E-state index contributed by atoms with van der Waals surface area (Å²) in [6.07, 6.45) is 0.383. The van der Waals surface area contributed by atoms with Crippen LogP contribution < -0.4 is 14.4 Å². The van der Waals surface area contributed by atoms with Gasteiger partial charge in [0.1, 0.15) is 5.75 Å². The first-order valence-electron chi connectivity index (χ1n) is 7.86. The van der Waals surface area contributed by atoms with E-state index in [4.69, 9.17) is 16.3 Å². The summed E-state index contributed by atoms with van der Waals surface area (Å²) >= 11 is 6.05. The van der Waals surface area contributed by atoms with Gasteiger partial charge in [0.25, 0.3) is 5.91 Å². The summed E-state index contributed by atoms with van der Waals surface area (Å²) in [4.78, 5) is 12.3. The maximum atomic E-state index is 12.3. The van der Waals surface area contributed by atoms with Gasteiger partial charge in [-0.05, 0) is 55.8 Å². The lowest BCUT2D eigenvalue weighted by Gasteiger charge is -2.18. The van der Waals surface area contributed by atoms with Crippen molar-refractivity contribution in [3.05, 3.63) is 53.1 Å². The van der Waals surface area contributed by atoms with E-state index in [2.05, 4.69) is 5.32 Å². The lowest BCUT2D eigenvalue weighted by Crippen LogP contribution is -2.30. The minimum Gasteiger partial charge on any atom is -0.481 e. The van der Waals surface area contributed by atoms with Crippen LogP contribution in [0.5, 0.6) is 5.75 Å². The zero-order valence-electron chi connectivity index (χ0n) is 15.0. The smallest absolute Gasteiger partial charge is 0.265 e. The number of benzene rings is 2. The van der Waals surface area contributed by atoms with Crippen LogP contribution in [-0.4, -0.2) is 33.7 Å². The third kappa shape index (κ3) is 4.89. The van der Waals surface area contributed by atoms with Crippen molar-refractivity contribution >= 4 is 38.9 Å². The molecular weight excluding hydrogens is 376 g/mol. The Morgan fingerprint density at radius 2 is 1.81 bits per heavy atom. The summed E-state index contributed by atoms with van der Waals surface area (Å²) in [5.41, 5.74) is 1.91. The van der Waals surface area contributed by atoms with Crippen LogP contribution in [0.15, 0.2) is 42.5 Å². The summed E-state index contributed by atoms with van der Waals surface area (Å²) in [5, 5.41) is 3.36. The number of ether oxygens (including phenoxy) is 1. The molecule has 0 saturated carbocycles. The summed E-state index contributed by atoms with van der Waals surface area (Å²) in [6, 6.07) is 11.7. The number of sulfonamides is 1. The van der Waals surface area contributed by atoms with Crippen molar-refractivity contribution in [1.82, 2.24) is 0 Å². The van der Waals surface area contributed by atoms with Gasteiger partial charge in [-0.2, -0.15) is 0 Å². The number of hydrogen-bond acceptors (Lipinski definition) is 4. The first-order chi connectivity index (χ1) is 12.1. The highest BCUT2D eigenvalue weighted by Crippen LogP contribution is 2.24. The quantitative estimate of drug-likeness (QED) is 0.811. The molecule has 140 valence electrons. The molecule has 6 nitrogen and oxygen atoms in total. The molecule has 0 aliphatic rings. The first kappa shape index (κ1) is 20.1. The molecule has 0 fully saturated rings. The predicted molar refractivity (Wildman–Crippen MR) is 105 cm³/mol. The Hall–Kier alpha value is -2.25. The van der Waals surface area contributed by atoms with Gasteiger partial charge in [-0.15, -0.1) is 0 Å². The average Bonchev–Trinajstić information content (AvgIpc) is 2.58. The minimum atomic E-state index is -3.33. The first-order valence-corrected chi connectivity index (χ1v) is 10.1. The molecule has 1 unspecified atom stereocenters. The SMILES string of the molecule is Cc1c(Cl)cccc1NC(=O)C(C)Oc1ccc(N(C)S(C)(=O)=O)cc1. The molecule has 0 aromatic heterocycles. The topological polar surface area (TPSA) is 75.7 Å². The fourth-order valence-corrected chi connectivity index (χ4v) is 2.84. The highest BCUT2D eigenvalue weighted by molar-refractivity contribution is 7.92. The molecular formula is C18H21ClN2O4S. The largest absolute Gasteiger partial charge is 0.481 e. The van der Waals surface area contributed by atoms with Crippen LogP contribution >= 0.6 is 11.6 Å². The second-order valence-corrected chi connectivity index (χ2v) is 8.31. The zero-order chi connectivity index (χ0) is 19.5. The highest BCUT2D eigenvalue weighted by atomic mass is 35.5. The van der Waals surface area contributed by atoms with Crippen LogP contribution in [0.3, 0.4) is 0 Å². The summed E-state index contributed by atoms with van der Waals surface area (Å²) < 4.78 is 29.9. The molecule has 1 N–H and O–H groups in total. The molecule has 0 aliphatic carbocycles. The van der Waals surface area contributed by atoms with E-state index < -0.39 is 16.1 Å². The number of amides is 1. The third-order valence-corrected chi connectivity index (χ3v) is 5.52. The van der Waals surface area contributed by atoms with Crippen molar-refractivity contribution in [3.8, 4) is 5.75 Å². The standard InChI is InChI=1S/C18H21ClN2O4S/c1-12-16(19)6-5-7-17(12)20-18(22)13(2)25-15-10-8-14(9-11-15)21(3)26(4,23)24/h5-11,13H,1-4H3,(H,20,22). The highest BCUT2D eigenvalue weighted by Gasteiger charge is 2.17. The van der Waals surface area contributed by atoms with Gasteiger partial charge in [0.05, 0.1) is 11.9 Å². The van der Waals surface area contributed by atoms with E-state index >= 15 is 0 Å². The molecule has 0 heterocycles. The van der Waals surface area contributed by atoms with Gasteiger partial charge in [0.15, 0.2) is 6.10 Å². The number of hydrogen-bond donors (Lipinski definition) is 1. The van der Waals surface area contributed by atoms with Crippen LogP contribution in [-0.2, 0) is 14.8 Å². The Labute approximate surface area is 158 Å². The van der Waals surface area contributed by atoms with Crippen molar-refractivity contribution in [3.63, 3.8) is 0 Å². The molecule has 0 radical (unpaired) electrons. The minimum absolute atomic E-state index is 0.312. The average molecular weight is 397 g/mol. The summed E-state index contributed by atoms with van der Waals surface area (Å²) in [6.45, 7) is 3.45. The van der Waals surface area contributed by atoms with Gasteiger partial charge in [-0.1, -0.05) is 17.7 Å². The Bertz CT molecular complexity index is 898. The van der Waals surface area contributed by atoms with Crippen LogP contribution in [0.25, 0.3) is 0 Å². The molecule has 2 aromatic carbocycles. The van der Waals surface area contributed by atoms with E-state index in [0.717, 1.165) is 16.1 Å². The number of carbonyl (C=O) groups excluding carboxylic acids is 1. The molecule has 1 amide bonds. The Kier molecular flexibility index (Phi) is 6.15. The molecule has 0 bridgehead atoms. The van der Waals surface area contributed by atoms with Gasteiger partial charge in [-0.25, -0.2) is 8.42 Å². The van der Waals surface area contributed by atoms with E-state index in [0.29, 0.717) is 22.1 Å². The molecule has 2 aromatic rings. The molecule has 2 rings (SSSR count). The molecule has 0 spiro atoms. The second kappa shape index (κ2) is 7.97. The molecule has 0 saturated heterocycles. The maximum absolute atomic E-state index is 12.3. The second-order valence-electron chi connectivity index (χ2n) is 5.89. The predicted octanol–water partition coefficient (Wildman–Crippen LogP) is 3.45. The monoisotopic (exact) mass is 396 g/mol. The zero-order valence-corrected chi connectivity index (χ0v) is 16.6. The van der Waals surface area contributed by atoms with Gasteiger partial charge >= 0.3 is 0 Å². The van der Waals surface area contributed by atoms with Crippen molar-refractivity contribution in [2.75, 3.05) is 22.9 Å². The number of anilines is 2. The van der Waals surface area contributed by atoms with E-state index in [1.165, 1.54) is 7.05 Å². The normalized spacial score (nSPS) is 12.3. The number of nitrogens with zero attached hydrogens (tertiary/aromatic N) is 1. The van der Waals surface area contributed by atoms with Gasteiger partial charge in [-0.3, -0.25) is 9.10 Å². The van der Waals surface area contributed by atoms with Crippen LogP contribution in [0.2, 0.25) is 5.02 Å². The third-order valence-electron chi connectivity index (χ3n) is 3.91. The van der Waals surface area contributed by atoms with Crippen LogP contribution in [0.1, 0.15) is 12.5 Å². The van der Waals surface area contributed by atoms with E-state index in [1.54, 1.807) is 49.4 Å². The Morgan fingerprint density at radius 1 is 1.19 bits per heavy atom. The van der Waals surface area contributed by atoms with E-state index in [1.807, 2.05) is 6.92 Å². The number of halogens is 1. The Balaban J connectivity index is 2.04.